The molecule has 3 fully saturated rings. The van der Waals surface area contributed by atoms with Crippen LogP contribution in [0.5, 0.6) is 5.75 Å². The molecule has 0 aliphatic heterocycles. The van der Waals surface area contributed by atoms with Gasteiger partial charge in [-0.3, -0.25) is 9.59 Å². The van der Waals surface area contributed by atoms with Gasteiger partial charge in [-0.05, 0) is 86.1 Å². The molecule has 6 rings (SSSR count). The fourth-order valence-corrected chi connectivity index (χ4v) is 9.14. The molecule has 9 heteroatoms. The third kappa shape index (κ3) is 5.33. The van der Waals surface area contributed by atoms with Crippen molar-refractivity contribution in [2.75, 3.05) is 12.3 Å². The number of nitrogen functional groups attached to an aromatic ring is 1. The number of Topliss-reactive ketones (excluding diaryl/α,β-unsaturated/α-hetero) is 1. The van der Waals surface area contributed by atoms with Gasteiger partial charge in [-0.15, -0.1) is 0 Å². The molecule has 0 heterocycles. The zero-order valence-electron chi connectivity index (χ0n) is 26.0. The summed E-state index contributed by atoms with van der Waals surface area (Å²) in [6, 6.07) is 10.0. The Morgan fingerprint density at radius 1 is 1.20 bits per heavy atom. The van der Waals surface area contributed by atoms with E-state index in [-0.39, 0.29) is 54.1 Å². The van der Waals surface area contributed by atoms with Crippen molar-refractivity contribution in [3.05, 3.63) is 82.7 Å². The van der Waals surface area contributed by atoms with Crippen LogP contribution in [0.4, 0.5) is 10.1 Å². The number of rotatable bonds is 8. The predicted octanol–water partition coefficient (Wildman–Crippen LogP) is 4.88. The van der Waals surface area contributed by atoms with Gasteiger partial charge >= 0.3 is 0 Å². The molecule has 8 atom stereocenters. The second kappa shape index (κ2) is 11.5. The van der Waals surface area contributed by atoms with E-state index in [2.05, 4.69) is 6.92 Å². The van der Waals surface area contributed by atoms with E-state index in [1.54, 1.807) is 55.5 Å². The van der Waals surface area contributed by atoms with Crippen molar-refractivity contribution in [3.8, 4) is 5.75 Å². The molecule has 0 radical (unpaired) electrons. The minimum Gasteiger partial charge on any atom is -0.489 e. The van der Waals surface area contributed by atoms with Crippen molar-refractivity contribution >= 4 is 17.3 Å². The van der Waals surface area contributed by atoms with Crippen LogP contribution in [0.15, 0.2) is 60.2 Å². The van der Waals surface area contributed by atoms with Crippen LogP contribution in [-0.4, -0.2) is 45.2 Å². The summed E-state index contributed by atoms with van der Waals surface area (Å²) >= 11 is 0. The van der Waals surface area contributed by atoms with E-state index in [1.807, 2.05) is 13.0 Å². The van der Waals surface area contributed by atoms with E-state index in [0.29, 0.717) is 29.8 Å². The summed E-state index contributed by atoms with van der Waals surface area (Å²) < 4.78 is 28.0. The van der Waals surface area contributed by atoms with Gasteiger partial charge in [0, 0.05) is 34.2 Å². The molecule has 0 amide bonds. The summed E-state index contributed by atoms with van der Waals surface area (Å²) in [5, 5.41) is 33.2. The van der Waals surface area contributed by atoms with E-state index >= 15 is 4.39 Å². The van der Waals surface area contributed by atoms with E-state index < -0.39 is 47.0 Å². The van der Waals surface area contributed by atoms with Crippen molar-refractivity contribution in [2.45, 2.75) is 77.5 Å². The van der Waals surface area contributed by atoms with Gasteiger partial charge in [-0.25, -0.2) is 4.39 Å². The maximum Gasteiger partial charge on any atom is 0.190 e. The number of aliphatic hydroxyl groups is 3. The summed E-state index contributed by atoms with van der Waals surface area (Å²) in [6.07, 6.45) is 4.94. The van der Waals surface area contributed by atoms with Crippen LogP contribution in [0.2, 0.25) is 0 Å². The van der Waals surface area contributed by atoms with Crippen LogP contribution in [0.25, 0.3) is 0 Å². The lowest BCUT2D eigenvalue weighted by Crippen LogP contribution is -2.54. The average molecular weight is 620 g/mol. The summed E-state index contributed by atoms with van der Waals surface area (Å²) in [5.74, 6) is -1.07. The fraction of sp³-hybridized carbons (Fsp3) is 0.500. The first kappa shape index (κ1) is 31.6. The summed E-state index contributed by atoms with van der Waals surface area (Å²) in [7, 11) is 0. The lowest BCUT2D eigenvalue weighted by molar-refractivity contribution is -0.199. The number of benzene rings is 2. The van der Waals surface area contributed by atoms with Crippen LogP contribution in [0, 0.1) is 41.3 Å². The third-order valence-electron chi connectivity index (χ3n) is 11.2. The summed E-state index contributed by atoms with van der Waals surface area (Å²) in [6.45, 7) is 4.85. The van der Waals surface area contributed by atoms with Crippen LogP contribution in [0.1, 0.15) is 68.9 Å². The number of hydrogen-bond acceptors (Lipinski definition) is 8. The number of aryl methyl sites for hydroxylation is 1. The number of aliphatic hydroxyl groups excluding tert-OH is 3. The number of hydrogen-bond donors (Lipinski definition) is 4. The number of carbonyl (C=O) groups is 2. The monoisotopic (exact) mass is 619 g/mol. The van der Waals surface area contributed by atoms with Gasteiger partial charge < -0.3 is 30.5 Å². The smallest absolute Gasteiger partial charge is 0.190 e. The Labute approximate surface area is 262 Å². The first-order valence-electron chi connectivity index (χ1n) is 15.7. The van der Waals surface area contributed by atoms with Crippen molar-refractivity contribution < 1.29 is 38.8 Å². The highest BCUT2D eigenvalue weighted by molar-refractivity contribution is 6.01. The van der Waals surface area contributed by atoms with Gasteiger partial charge in [0.05, 0.1) is 6.10 Å². The largest absolute Gasteiger partial charge is 0.489 e. The van der Waals surface area contributed by atoms with Gasteiger partial charge in [0.1, 0.15) is 30.4 Å². The Morgan fingerprint density at radius 3 is 2.71 bits per heavy atom. The van der Waals surface area contributed by atoms with Gasteiger partial charge in [0.2, 0.25) is 0 Å². The first-order valence-corrected chi connectivity index (χ1v) is 15.7. The predicted molar refractivity (Wildman–Crippen MR) is 165 cm³/mol. The molecule has 2 aromatic rings. The topological polar surface area (TPSA) is 139 Å². The van der Waals surface area contributed by atoms with Crippen LogP contribution in [-0.2, 0) is 20.9 Å². The van der Waals surface area contributed by atoms with Gasteiger partial charge in [0.25, 0.3) is 0 Å². The van der Waals surface area contributed by atoms with E-state index in [0.717, 1.165) is 12.0 Å². The van der Waals surface area contributed by atoms with Gasteiger partial charge in [0.15, 0.2) is 17.9 Å². The molecular formula is C36H42FNO7. The number of halogens is 1. The maximum atomic E-state index is 16.0. The zero-order valence-corrected chi connectivity index (χ0v) is 26.0. The highest BCUT2D eigenvalue weighted by Gasteiger charge is 2.65. The number of fused-ring (bicyclic) bond motifs is 5. The molecule has 0 spiro atoms. The Bertz CT molecular complexity index is 1590. The second-order valence-electron chi connectivity index (χ2n) is 14.0. The molecule has 0 aromatic heterocycles. The number of nitrogens with two attached hydrogens (primary N) is 1. The minimum atomic E-state index is -1.79. The van der Waals surface area contributed by atoms with E-state index in [1.165, 1.54) is 0 Å². The quantitative estimate of drug-likeness (QED) is 0.242. The molecular weight excluding hydrogens is 577 g/mol. The number of allylic oxidation sites excluding steroid dienone is 4. The molecule has 8 nitrogen and oxygen atoms in total. The van der Waals surface area contributed by atoms with Crippen molar-refractivity contribution in [3.63, 3.8) is 0 Å². The summed E-state index contributed by atoms with van der Waals surface area (Å²) in [4.78, 5) is 25.7. The lowest BCUT2D eigenvalue weighted by Gasteiger charge is -2.57. The molecule has 4 aliphatic carbocycles. The molecule has 240 valence electrons. The first-order chi connectivity index (χ1) is 21.3. The fourth-order valence-electron chi connectivity index (χ4n) is 9.14. The van der Waals surface area contributed by atoms with E-state index in [4.69, 9.17) is 15.2 Å². The standard InChI is InChI=1S/C36H42FNO7/c1-20-7-8-21(18-44-25-6-4-5-23(38)14-25)32(37)30(20)33(43)45-36(29(42)17-39)15-27-26-10-9-22-13-24(40)11-12-35(22,3)31(26)28(41)16-34(27,2)19-36/h4-8,11-14,26-28,31,33,39,41,43H,9-10,15-19,38H2,1-3H3/t26-,27?,28-,31?,33-,34+,35-,36+/m0/s1. The maximum absolute atomic E-state index is 16.0. The number of ether oxygens (including phenoxy) is 2. The Morgan fingerprint density at radius 2 is 1.98 bits per heavy atom. The van der Waals surface area contributed by atoms with Crippen LogP contribution < -0.4 is 10.5 Å². The molecule has 2 aromatic carbocycles. The molecule has 4 aliphatic rings. The molecule has 5 N–H and O–H groups in total. The molecule has 0 bridgehead atoms. The normalized spacial score (nSPS) is 34.4. The van der Waals surface area contributed by atoms with Crippen molar-refractivity contribution in [2.24, 2.45) is 28.6 Å². The minimum absolute atomic E-state index is 0.0128. The summed E-state index contributed by atoms with van der Waals surface area (Å²) in [5.41, 5.74) is 5.30. The van der Waals surface area contributed by atoms with Crippen molar-refractivity contribution in [1.29, 1.82) is 0 Å². The SMILES string of the molecule is Cc1ccc(COc2cccc(N)c2)c(F)c1[C@@H](O)O[C@]1(C(=O)CO)CC2[C@@H]3CCC4=CC(=O)C=C[C@]4(C)C3[C@@H](O)C[C@]2(C)C1. The Hall–Kier alpha value is -3.37. The van der Waals surface area contributed by atoms with Gasteiger partial charge in [-0.2, -0.15) is 0 Å². The molecule has 2 unspecified atom stereocenters. The van der Waals surface area contributed by atoms with Crippen molar-refractivity contribution in [1.82, 2.24) is 0 Å². The lowest BCUT2D eigenvalue weighted by atomic mass is 9.47. The molecule has 45 heavy (non-hydrogen) atoms. The average Bonchev–Trinajstić information content (AvgIpc) is 3.29. The number of ketones is 2. The molecule has 0 saturated heterocycles. The van der Waals surface area contributed by atoms with Gasteiger partial charge in [-0.1, -0.05) is 43.7 Å². The van der Waals surface area contributed by atoms with Crippen LogP contribution >= 0.6 is 0 Å². The van der Waals surface area contributed by atoms with Crippen LogP contribution in [0.3, 0.4) is 0 Å². The van der Waals surface area contributed by atoms with E-state index in [9.17, 15) is 24.9 Å². The Kier molecular flexibility index (Phi) is 8.05. The second-order valence-corrected chi connectivity index (χ2v) is 14.0. The Balaban J connectivity index is 1.29. The highest BCUT2D eigenvalue weighted by Crippen LogP contribution is 2.67. The zero-order chi connectivity index (χ0) is 32.3. The third-order valence-corrected chi connectivity index (χ3v) is 11.2. The number of anilines is 1. The highest BCUT2D eigenvalue weighted by atomic mass is 19.1. The molecule has 3 saturated carbocycles. The number of carbonyl (C=O) groups excluding carboxylic acids is 2.